The van der Waals surface area contributed by atoms with Crippen LogP contribution in [0.4, 0.5) is 0 Å². The van der Waals surface area contributed by atoms with E-state index in [0.29, 0.717) is 55.1 Å². The van der Waals surface area contributed by atoms with Crippen molar-refractivity contribution >= 4 is 11.7 Å². The van der Waals surface area contributed by atoms with Crippen molar-refractivity contribution in [2.45, 2.75) is 172 Å². The number of hydrogen-bond acceptors (Lipinski definition) is 12. The Kier molecular flexibility index (Phi) is 12.5. The first-order chi connectivity index (χ1) is 26.4. The van der Waals surface area contributed by atoms with E-state index in [9.17, 15) is 20.2 Å². The highest BCUT2D eigenvalue weighted by molar-refractivity contribution is 6.06. The standard InChI is InChI=1S/C43H63NO11/c1-24-11-10-14-30-23-50-40-36(44-48)27(4)19-33(43(30,40)47)41(46)52-32-20-31(16-15-25(2)38(24)53-35-21-34(49-6)37(45)28(5)51-35)54-42(22-32)18-17-26(3)39(55-42)29-12-8-7-9-13-29/h10-11,14-15,19,24,26,28-29,31-35,37-40,45,47-48H,7-9,12-13,16-18,20-23H2,1-6H3/b11-10+,25-15+,30-14-,44-36-/t24-,26?,28?,31?,32?,33+,34?,35?,37?,38+,39?,40?,42+,43-/m0/s1. The Labute approximate surface area is 325 Å². The number of aliphatic hydroxyl groups excluding tert-OH is 1. The molecular formula is C43H63NO11. The smallest absolute Gasteiger partial charge is 0.316 e. The van der Waals surface area contributed by atoms with Crippen LogP contribution in [0.5, 0.6) is 0 Å². The van der Waals surface area contributed by atoms with Crippen molar-refractivity contribution in [2.24, 2.45) is 28.8 Å². The predicted octanol–water partition coefficient (Wildman–Crippen LogP) is 6.07. The van der Waals surface area contributed by atoms with Crippen LogP contribution in [0.15, 0.2) is 52.3 Å². The second kappa shape index (κ2) is 16.8. The number of rotatable bonds is 4. The fourth-order valence-electron chi connectivity index (χ4n) is 10.4. The van der Waals surface area contributed by atoms with E-state index in [2.05, 4.69) is 32.0 Å². The van der Waals surface area contributed by atoms with E-state index in [1.807, 2.05) is 19.1 Å². The minimum Gasteiger partial charge on any atom is -0.462 e. The summed E-state index contributed by atoms with van der Waals surface area (Å²) in [6.07, 6.45) is 14.4. The van der Waals surface area contributed by atoms with E-state index in [4.69, 9.17) is 33.2 Å². The Morgan fingerprint density at radius 1 is 1.02 bits per heavy atom. The van der Waals surface area contributed by atoms with Gasteiger partial charge in [-0.05, 0) is 75.0 Å². The van der Waals surface area contributed by atoms with E-state index in [0.717, 1.165) is 24.8 Å². The molecule has 2 bridgehead atoms. The van der Waals surface area contributed by atoms with E-state index < -0.39 is 66.2 Å². The summed E-state index contributed by atoms with van der Waals surface area (Å²) in [5, 5.41) is 36.7. The number of esters is 1. The molecule has 12 heteroatoms. The Balaban J connectivity index is 1.25. The van der Waals surface area contributed by atoms with Crippen LogP contribution in [0, 0.1) is 23.7 Å². The zero-order valence-electron chi connectivity index (χ0n) is 33.4. The highest BCUT2D eigenvalue weighted by atomic mass is 16.7. The van der Waals surface area contributed by atoms with E-state index in [-0.39, 0.29) is 30.4 Å². The van der Waals surface area contributed by atoms with Gasteiger partial charge in [-0.1, -0.05) is 68.6 Å². The molecule has 7 aliphatic rings. The number of methoxy groups -OCH3 is 1. The summed E-state index contributed by atoms with van der Waals surface area (Å²) in [5.74, 6) is -1.83. The Hall–Kier alpha value is -2.42. The monoisotopic (exact) mass is 769 g/mol. The van der Waals surface area contributed by atoms with Crippen LogP contribution in [-0.2, 0) is 38.0 Å². The van der Waals surface area contributed by atoms with Gasteiger partial charge in [0.05, 0.1) is 37.1 Å². The van der Waals surface area contributed by atoms with Crippen molar-refractivity contribution in [1.82, 2.24) is 0 Å². The molecule has 0 radical (unpaired) electrons. The lowest BCUT2D eigenvalue weighted by Crippen LogP contribution is -2.57. The molecule has 5 aliphatic heterocycles. The number of carbonyl (C=O) groups excluding carboxylic acids is 1. The van der Waals surface area contributed by atoms with Crippen molar-refractivity contribution in [1.29, 1.82) is 0 Å². The number of fused-ring (bicyclic) bond motifs is 2. The maximum atomic E-state index is 14.4. The molecule has 4 saturated heterocycles. The minimum absolute atomic E-state index is 0.0359. The Morgan fingerprint density at radius 2 is 1.80 bits per heavy atom. The normalized spacial score (nSPS) is 47.9. The van der Waals surface area contributed by atoms with Crippen molar-refractivity contribution < 1.29 is 53.4 Å². The number of nitrogens with zero attached hydrogens (tertiary/aromatic N) is 1. The number of ether oxygens (including phenoxy) is 7. The van der Waals surface area contributed by atoms with Crippen LogP contribution >= 0.6 is 0 Å². The van der Waals surface area contributed by atoms with Gasteiger partial charge in [0.2, 0.25) is 0 Å². The summed E-state index contributed by atoms with van der Waals surface area (Å²) in [6, 6.07) is 0. The van der Waals surface area contributed by atoms with Crippen LogP contribution in [0.2, 0.25) is 0 Å². The molecule has 9 unspecified atom stereocenters. The highest BCUT2D eigenvalue weighted by Gasteiger charge is 2.60. The van der Waals surface area contributed by atoms with Crippen molar-refractivity contribution in [3.05, 3.63) is 47.1 Å². The van der Waals surface area contributed by atoms with Gasteiger partial charge in [-0.3, -0.25) is 4.79 Å². The molecule has 55 heavy (non-hydrogen) atoms. The van der Waals surface area contributed by atoms with Crippen molar-refractivity contribution in [2.75, 3.05) is 13.7 Å². The molecule has 0 aromatic rings. The molecule has 14 atom stereocenters. The third-order valence-corrected chi connectivity index (χ3v) is 13.6. The summed E-state index contributed by atoms with van der Waals surface area (Å²) in [6.45, 7) is 10.0. The highest BCUT2D eigenvalue weighted by Crippen LogP contribution is 2.48. The van der Waals surface area contributed by atoms with Gasteiger partial charge < -0.3 is 48.6 Å². The maximum absolute atomic E-state index is 14.4. The average Bonchev–Trinajstić information content (AvgIpc) is 3.50. The van der Waals surface area contributed by atoms with Crippen molar-refractivity contribution in [3.8, 4) is 0 Å². The second-order valence-electron chi connectivity index (χ2n) is 17.4. The molecule has 7 rings (SSSR count). The van der Waals surface area contributed by atoms with Gasteiger partial charge in [0.1, 0.15) is 35.5 Å². The third kappa shape index (κ3) is 8.17. The van der Waals surface area contributed by atoms with Crippen LogP contribution in [0.25, 0.3) is 0 Å². The summed E-state index contributed by atoms with van der Waals surface area (Å²) in [7, 11) is 1.59. The quantitative estimate of drug-likeness (QED) is 0.132. The van der Waals surface area contributed by atoms with Gasteiger partial charge in [0.25, 0.3) is 0 Å². The topological polar surface area (TPSA) is 155 Å². The molecule has 306 valence electrons. The van der Waals surface area contributed by atoms with E-state index >= 15 is 0 Å². The predicted molar refractivity (Wildman–Crippen MR) is 203 cm³/mol. The zero-order valence-corrected chi connectivity index (χ0v) is 33.4. The van der Waals surface area contributed by atoms with Crippen LogP contribution in [0.3, 0.4) is 0 Å². The van der Waals surface area contributed by atoms with Gasteiger partial charge in [0, 0.05) is 38.7 Å². The molecule has 5 heterocycles. The van der Waals surface area contributed by atoms with Gasteiger partial charge >= 0.3 is 5.97 Å². The summed E-state index contributed by atoms with van der Waals surface area (Å²) in [4.78, 5) is 14.4. The second-order valence-corrected chi connectivity index (χ2v) is 17.4. The third-order valence-electron chi connectivity index (χ3n) is 13.6. The fourth-order valence-corrected chi connectivity index (χ4v) is 10.4. The largest absolute Gasteiger partial charge is 0.462 e. The zero-order chi connectivity index (χ0) is 39.1. The van der Waals surface area contributed by atoms with E-state index in [1.54, 1.807) is 26.2 Å². The molecule has 0 amide bonds. The number of allylic oxidation sites excluding steroid dienone is 2. The van der Waals surface area contributed by atoms with Gasteiger partial charge in [-0.15, -0.1) is 0 Å². The first-order valence-electron chi connectivity index (χ1n) is 20.7. The lowest BCUT2D eigenvalue weighted by Gasteiger charge is -2.51. The van der Waals surface area contributed by atoms with Crippen molar-refractivity contribution in [3.63, 3.8) is 0 Å². The number of aliphatic hydroxyl groups is 2. The maximum Gasteiger partial charge on any atom is 0.316 e. The molecule has 5 fully saturated rings. The summed E-state index contributed by atoms with van der Waals surface area (Å²) < 4.78 is 45.1. The summed E-state index contributed by atoms with van der Waals surface area (Å²) >= 11 is 0. The molecule has 3 N–H and O–H groups in total. The molecule has 1 spiro atoms. The molecular weight excluding hydrogens is 706 g/mol. The molecule has 1 saturated carbocycles. The van der Waals surface area contributed by atoms with Crippen LogP contribution < -0.4 is 0 Å². The average molecular weight is 770 g/mol. The molecule has 2 aliphatic carbocycles. The van der Waals surface area contributed by atoms with Gasteiger partial charge in [-0.25, -0.2) is 0 Å². The lowest BCUT2D eigenvalue weighted by molar-refractivity contribution is -0.342. The Morgan fingerprint density at radius 3 is 2.55 bits per heavy atom. The van der Waals surface area contributed by atoms with Crippen LogP contribution in [0.1, 0.15) is 105 Å². The van der Waals surface area contributed by atoms with Crippen LogP contribution in [-0.4, -0.2) is 107 Å². The van der Waals surface area contributed by atoms with E-state index in [1.165, 1.54) is 19.3 Å². The minimum atomic E-state index is -1.83. The molecule has 0 aromatic heterocycles. The SMILES string of the molecule is COC1CC(O[C@H]2/C(C)=C/CC3CC(C[C@]4(CCC(C)C(C5CCCCC5)O4)O3)OC(=O)[C@H]3C=C(C)/C(=N/O)C4OC/C(=C/C=C/[C@@H]2C)[C@@]43O)OC(C)C1O. The van der Waals surface area contributed by atoms with Gasteiger partial charge in [0.15, 0.2) is 12.1 Å². The number of carbonyl (C=O) groups is 1. The first-order valence-corrected chi connectivity index (χ1v) is 20.7. The molecule has 12 nitrogen and oxygen atoms in total. The lowest BCUT2D eigenvalue weighted by atomic mass is 9.71. The summed E-state index contributed by atoms with van der Waals surface area (Å²) in [5.41, 5.74) is 0.362. The first kappa shape index (κ1) is 40.8. The molecule has 0 aromatic carbocycles. The number of oxime groups is 1. The Bertz CT molecular complexity index is 1550. The van der Waals surface area contributed by atoms with Gasteiger partial charge in [-0.2, -0.15) is 0 Å². The fraction of sp³-hybridized carbons (Fsp3) is 0.767. The number of hydrogen-bond donors (Lipinski definition) is 3.